The van der Waals surface area contributed by atoms with E-state index in [4.69, 9.17) is 4.74 Å². The van der Waals surface area contributed by atoms with Gasteiger partial charge in [-0.1, -0.05) is 0 Å². The summed E-state index contributed by atoms with van der Waals surface area (Å²) in [5.41, 5.74) is 1.91. The van der Waals surface area contributed by atoms with Crippen molar-refractivity contribution in [3.8, 4) is 5.88 Å². The van der Waals surface area contributed by atoms with Crippen LogP contribution >= 0.6 is 11.3 Å². The van der Waals surface area contributed by atoms with E-state index in [0.29, 0.717) is 6.61 Å². The minimum absolute atomic E-state index is 0.485. The van der Waals surface area contributed by atoms with E-state index in [1.54, 1.807) is 16.0 Å². The van der Waals surface area contributed by atoms with Crippen LogP contribution in [-0.4, -0.2) is 21.8 Å². The molecule has 1 N–H and O–H groups in total. The molecule has 2 aromatic heterocycles. The van der Waals surface area contributed by atoms with Gasteiger partial charge in [-0.05, 0) is 14.0 Å². The van der Waals surface area contributed by atoms with Crippen LogP contribution in [0, 0.1) is 6.92 Å². The topological polar surface area (TPSA) is 52.0 Å². The molecule has 2 aromatic rings. The zero-order chi connectivity index (χ0) is 12.3. The first kappa shape index (κ1) is 12.1. The first-order chi connectivity index (χ1) is 8.19. The number of ether oxygens (including phenoxy) is 1. The zero-order valence-electron chi connectivity index (χ0n) is 10.2. The standard InChI is InChI=1S/C11H16N4OS/c1-8-4-11(15(3)14-8)16-6-9-7-17-10(13-9)5-12-2/h4,7,12H,5-6H2,1-3H3. The van der Waals surface area contributed by atoms with Crippen LogP contribution in [0.3, 0.4) is 0 Å². The summed E-state index contributed by atoms with van der Waals surface area (Å²) in [6.45, 7) is 3.23. The highest BCUT2D eigenvalue weighted by Crippen LogP contribution is 2.15. The van der Waals surface area contributed by atoms with Crippen molar-refractivity contribution in [1.29, 1.82) is 0 Å². The molecular weight excluding hydrogens is 236 g/mol. The lowest BCUT2D eigenvalue weighted by atomic mass is 10.5. The van der Waals surface area contributed by atoms with Gasteiger partial charge in [-0.25, -0.2) is 9.67 Å². The van der Waals surface area contributed by atoms with Crippen LogP contribution in [0.25, 0.3) is 0 Å². The molecule has 0 spiro atoms. The Hall–Kier alpha value is -1.40. The van der Waals surface area contributed by atoms with E-state index in [-0.39, 0.29) is 0 Å². The number of aryl methyl sites for hydroxylation is 2. The molecule has 0 aliphatic heterocycles. The summed E-state index contributed by atoms with van der Waals surface area (Å²) in [5, 5.41) is 10.4. The molecule has 17 heavy (non-hydrogen) atoms. The molecule has 92 valence electrons. The summed E-state index contributed by atoms with van der Waals surface area (Å²) < 4.78 is 7.39. The van der Waals surface area contributed by atoms with Crippen LogP contribution in [0.2, 0.25) is 0 Å². The maximum Gasteiger partial charge on any atom is 0.212 e. The largest absolute Gasteiger partial charge is 0.471 e. The number of hydrogen-bond acceptors (Lipinski definition) is 5. The second-order valence-corrected chi connectivity index (χ2v) is 4.74. The molecule has 0 aromatic carbocycles. The molecule has 0 bridgehead atoms. The quantitative estimate of drug-likeness (QED) is 0.876. The molecule has 0 unspecified atom stereocenters. The average molecular weight is 252 g/mol. The second-order valence-electron chi connectivity index (χ2n) is 3.80. The fourth-order valence-corrected chi connectivity index (χ4v) is 2.31. The molecule has 0 radical (unpaired) electrons. The van der Waals surface area contributed by atoms with E-state index >= 15 is 0 Å². The van der Waals surface area contributed by atoms with Crippen molar-refractivity contribution in [2.75, 3.05) is 7.05 Å². The van der Waals surface area contributed by atoms with Crippen LogP contribution in [0.4, 0.5) is 0 Å². The lowest BCUT2D eigenvalue weighted by Crippen LogP contribution is -2.05. The molecule has 2 rings (SSSR count). The smallest absolute Gasteiger partial charge is 0.212 e. The molecule has 5 nitrogen and oxygen atoms in total. The second kappa shape index (κ2) is 5.29. The van der Waals surface area contributed by atoms with Crippen molar-refractivity contribution in [1.82, 2.24) is 20.1 Å². The fourth-order valence-electron chi connectivity index (χ4n) is 1.52. The summed E-state index contributed by atoms with van der Waals surface area (Å²) in [6, 6.07) is 1.92. The molecule has 0 fully saturated rings. The third-order valence-electron chi connectivity index (χ3n) is 2.25. The van der Waals surface area contributed by atoms with E-state index < -0.39 is 0 Å². The van der Waals surface area contributed by atoms with E-state index in [9.17, 15) is 0 Å². The first-order valence-corrected chi connectivity index (χ1v) is 6.28. The average Bonchev–Trinajstić information content (AvgIpc) is 2.83. The Morgan fingerprint density at radius 3 is 3.00 bits per heavy atom. The highest BCUT2D eigenvalue weighted by atomic mass is 32.1. The van der Waals surface area contributed by atoms with Gasteiger partial charge in [-0.3, -0.25) is 0 Å². The van der Waals surface area contributed by atoms with Gasteiger partial charge in [0, 0.05) is 25.0 Å². The molecule has 2 heterocycles. The number of aromatic nitrogens is 3. The van der Waals surface area contributed by atoms with Gasteiger partial charge in [-0.15, -0.1) is 11.3 Å². The maximum atomic E-state index is 5.66. The Kier molecular flexibility index (Phi) is 3.75. The van der Waals surface area contributed by atoms with Gasteiger partial charge in [0.15, 0.2) is 0 Å². The molecule has 0 amide bonds. The van der Waals surface area contributed by atoms with Gasteiger partial charge in [0.2, 0.25) is 5.88 Å². The summed E-state index contributed by atoms with van der Waals surface area (Å²) in [7, 11) is 3.78. The van der Waals surface area contributed by atoms with E-state index in [1.807, 2.05) is 32.5 Å². The molecule has 0 atom stereocenters. The zero-order valence-corrected chi connectivity index (χ0v) is 11.0. The van der Waals surface area contributed by atoms with Crippen LogP contribution in [-0.2, 0) is 20.2 Å². The molecular formula is C11H16N4OS. The van der Waals surface area contributed by atoms with Crippen molar-refractivity contribution >= 4 is 11.3 Å². The molecule has 0 saturated carbocycles. The van der Waals surface area contributed by atoms with Crippen LogP contribution < -0.4 is 10.1 Å². The highest BCUT2D eigenvalue weighted by molar-refractivity contribution is 7.09. The Morgan fingerprint density at radius 1 is 1.53 bits per heavy atom. The van der Waals surface area contributed by atoms with E-state index in [1.165, 1.54) is 0 Å². The Bertz CT molecular complexity index is 491. The van der Waals surface area contributed by atoms with Gasteiger partial charge < -0.3 is 10.1 Å². The van der Waals surface area contributed by atoms with Crippen LogP contribution in [0.5, 0.6) is 5.88 Å². The molecule has 0 aliphatic rings. The number of nitrogens with zero attached hydrogens (tertiary/aromatic N) is 3. The number of nitrogens with one attached hydrogen (secondary N) is 1. The SMILES string of the molecule is CNCc1nc(COc2cc(C)nn2C)cs1. The van der Waals surface area contributed by atoms with Crippen molar-refractivity contribution in [3.63, 3.8) is 0 Å². The summed E-state index contributed by atoms with van der Waals surface area (Å²) in [5.74, 6) is 0.769. The van der Waals surface area contributed by atoms with Crippen LogP contribution in [0.1, 0.15) is 16.4 Å². The van der Waals surface area contributed by atoms with Gasteiger partial charge in [0.1, 0.15) is 11.6 Å². The van der Waals surface area contributed by atoms with Crippen molar-refractivity contribution < 1.29 is 4.74 Å². The van der Waals surface area contributed by atoms with Crippen molar-refractivity contribution in [2.24, 2.45) is 7.05 Å². The first-order valence-electron chi connectivity index (χ1n) is 5.40. The lowest BCUT2D eigenvalue weighted by molar-refractivity contribution is 0.275. The van der Waals surface area contributed by atoms with Gasteiger partial charge in [0.25, 0.3) is 0 Å². The summed E-state index contributed by atoms with van der Waals surface area (Å²) in [4.78, 5) is 4.45. The predicted molar refractivity (Wildman–Crippen MR) is 67.2 cm³/mol. The monoisotopic (exact) mass is 252 g/mol. The third-order valence-corrected chi connectivity index (χ3v) is 3.15. The number of hydrogen-bond donors (Lipinski definition) is 1. The number of thiazole rings is 1. The summed E-state index contributed by atoms with van der Waals surface area (Å²) in [6.07, 6.45) is 0. The Labute approximate surface area is 104 Å². The molecule has 0 saturated heterocycles. The molecule has 6 heteroatoms. The maximum absolute atomic E-state index is 5.66. The predicted octanol–water partition coefficient (Wildman–Crippen LogP) is 1.48. The van der Waals surface area contributed by atoms with Crippen molar-refractivity contribution in [2.45, 2.75) is 20.1 Å². The van der Waals surface area contributed by atoms with Gasteiger partial charge in [-0.2, -0.15) is 5.10 Å². The minimum atomic E-state index is 0.485. The fraction of sp³-hybridized carbons (Fsp3) is 0.455. The molecule has 0 aliphatic carbocycles. The number of rotatable bonds is 5. The van der Waals surface area contributed by atoms with E-state index in [2.05, 4.69) is 15.4 Å². The minimum Gasteiger partial charge on any atom is -0.471 e. The normalized spacial score (nSPS) is 10.8. The Morgan fingerprint density at radius 2 is 2.35 bits per heavy atom. The highest BCUT2D eigenvalue weighted by Gasteiger charge is 2.05. The van der Waals surface area contributed by atoms with Crippen molar-refractivity contribution in [3.05, 3.63) is 27.8 Å². The van der Waals surface area contributed by atoms with Gasteiger partial charge in [0.05, 0.1) is 11.4 Å². The van der Waals surface area contributed by atoms with E-state index in [0.717, 1.165) is 28.8 Å². The van der Waals surface area contributed by atoms with Crippen LogP contribution in [0.15, 0.2) is 11.4 Å². The Balaban J connectivity index is 1.95. The lowest BCUT2D eigenvalue weighted by Gasteiger charge is -2.03. The van der Waals surface area contributed by atoms with Gasteiger partial charge >= 0.3 is 0 Å². The summed E-state index contributed by atoms with van der Waals surface area (Å²) >= 11 is 1.64. The third kappa shape index (κ3) is 3.04.